The standard InChI is InChI=1S/C15H20BrN3S/c16-11-4-5-14(13(9-11)15(17)20)19-8-2-7-18-6-1-3-12(18)10-19/h4-5,9,12H,1-3,6-8,10H2,(H2,17,20). The summed E-state index contributed by atoms with van der Waals surface area (Å²) in [6.45, 7) is 4.67. The van der Waals surface area contributed by atoms with Gasteiger partial charge in [0.15, 0.2) is 0 Å². The molecule has 0 spiro atoms. The lowest BCUT2D eigenvalue weighted by Crippen LogP contribution is -2.37. The molecule has 5 heteroatoms. The van der Waals surface area contributed by atoms with E-state index in [1.54, 1.807) is 0 Å². The minimum atomic E-state index is 0.480. The van der Waals surface area contributed by atoms with Crippen LogP contribution in [0.2, 0.25) is 0 Å². The van der Waals surface area contributed by atoms with E-state index in [0.29, 0.717) is 11.0 Å². The Morgan fingerprint density at radius 2 is 2.05 bits per heavy atom. The second kappa shape index (κ2) is 6.00. The largest absolute Gasteiger partial charge is 0.389 e. The number of fused-ring (bicyclic) bond motifs is 1. The molecule has 1 unspecified atom stereocenters. The van der Waals surface area contributed by atoms with E-state index in [9.17, 15) is 0 Å². The van der Waals surface area contributed by atoms with Crippen molar-refractivity contribution in [3.05, 3.63) is 28.2 Å². The first kappa shape index (κ1) is 14.3. The van der Waals surface area contributed by atoms with Crippen molar-refractivity contribution < 1.29 is 0 Å². The molecule has 108 valence electrons. The van der Waals surface area contributed by atoms with Crippen LogP contribution >= 0.6 is 28.1 Å². The average Bonchev–Trinajstić information content (AvgIpc) is 2.76. The van der Waals surface area contributed by atoms with Crippen molar-refractivity contribution in [1.82, 2.24) is 4.90 Å². The molecule has 0 amide bonds. The maximum absolute atomic E-state index is 5.91. The van der Waals surface area contributed by atoms with Crippen molar-refractivity contribution in [1.29, 1.82) is 0 Å². The molecular weight excluding hydrogens is 334 g/mol. The fourth-order valence-electron chi connectivity index (χ4n) is 3.41. The number of nitrogens with two attached hydrogens (primary N) is 1. The average molecular weight is 354 g/mol. The van der Waals surface area contributed by atoms with Gasteiger partial charge in [-0.15, -0.1) is 0 Å². The minimum Gasteiger partial charge on any atom is -0.389 e. The number of benzene rings is 1. The van der Waals surface area contributed by atoms with Crippen molar-refractivity contribution in [2.45, 2.75) is 25.3 Å². The second-order valence-electron chi connectivity index (χ2n) is 5.66. The number of hydrogen-bond acceptors (Lipinski definition) is 3. The number of anilines is 1. The van der Waals surface area contributed by atoms with Crippen LogP contribution in [0.4, 0.5) is 5.69 Å². The molecule has 0 aromatic heterocycles. The van der Waals surface area contributed by atoms with Gasteiger partial charge in [-0.3, -0.25) is 4.90 Å². The third-order valence-corrected chi connectivity index (χ3v) is 5.08. The molecule has 3 nitrogen and oxygen atoms in total. The molecule has 0 bridgehead atoms. The lowest BCUT2D eigenvalue weighted by atomic mass is 10.1. The summed E-state index contributed by atoms with van der Waals surface area (Å²) >= 11 is 8.73. The molecule has 1 aromatic rings. The molecule has 2 heterocycles. The van der Waals surface area contributed by atoms with Crippen molar-refractivity contribution in [2.24, 2.45) is 5.73 Å². The van der Waals surface area contributed by atoms with E-state index in [0.717, 1.165) is 23.1 Å². The van der Waals surface area contributed by atoms with Gasteiger partial charge in [0.1, 0.15) is 4.99 Å². The molecule has 1 atom stereocenters. The zero-order valence-electron chi connectivity index (χ0n) is 11.5. The topological polar surface area (TPSA) is 32.5 Å². The lowest BCUT2D eigenvalue weighted by molar-refractivity contribution is 0.273. The first-order valence-electron chi connectivity index (χ1n) is 7.23. The van der Waals surface area contributed by atoms with E-state index < -0.39 is 0 Å². The van der Waals surface area contributed by atoms with Crippen LogP contribution in [0.1, 0.15) is 24.8 Å². The fourth-order valence-corrected chi connectivity index (χ4v) is 3.93. The van der Waals surface area contributed by atoms with E-state index in [2.05, 4.69) is 37.9 Å². The Balaban J connectivity index is 1.89. The maximum atomic E-state index is 5.91. The van der Waals surface area contributed by atoms with Crippen molar-refractivity contribution >= 4 is 38.8 Å². The molecular formula is C15H20BrN3S. The van der Waals surface area contributed by atoms with Gasteiger partial charge >= 0.3 is 0 Å². The molecule has 20 heavy (non-hydrogen) atoms. The molecule has 2 aliphatic heterocycles. The highest BCUT2D eigenvalue weighted by molar-refractivity contribution is 9.10. The number of rotatable bonds is 2. The zero-order valence-corrected chi connectivity index (χ0v) is 13.9. The quantitative estimate of drug-likeness (QED) is 0.828. The highest BCUT2D eigenvalue weighted by Gasteiger charge is 2.29. The smallest absolute Gasteiger partial charge is 0.106 e. The Bertz CT molecular complexity index is 520. The van der Waals surface area contributed by atoms with Crippen LogP contribution in [-0.4, -0.2) is 42.1 Å². The number of halogens is 1. The molecule has 0 saturated carbocycles. The summed E-state index contributed by atoms with van der Waals surface area (Å²) in [7, 11) is 0. The van der Waals surface area contributed by atoms with Crippen LogP contribution in [-0.2, 0) is 0 Å². The molecule has 2 saturated heterocycles. The molecule has 0 radical (unpaired) electrons. The van der Waals surface area contributed by atoms with Crippen molar-refractivity contribution in [2.75, 3.05) is 31.1 Å². The number of nitrogens with zero attached hydrogens (tertiary/aromatic N) is 2. The Morgan fingerprint density at radius 1 is 1.25 bits per heavy atom. The van der Waals surface area contributed by atoms with Crippen LogP contribution in [0, 0.1) is 0 Å². The molecule has 2 fully saturated rings. The van der Waals surface area contributed by atoms with Gasteiger partial charge in [-0.1, -0.05) is 28.1 Å². The van der Waals surface area contributed by atoms with E-state index in [1.165, 1.54) is 38.0 Å². The van der Waals surface area contributed by atoms with E-state index in [4.69, 9.17) is 18.0 Å². The summed E-state index contributed by atoms with van der Waals surface area (Å²) in [5, 5.41) is 0. The van der Waals surface area contributed by atoms with E-state index in [1.807, 2.05) is 6.07 Å². The lowest BCUT2D eigenvalue weighted by Gasteiger charge is -2.29. The Kier molecular flexibility index (Phi) is 4.29. The number of thiocarbonyl (C=S) groups is 1. The third-order valence-electron chi connectivity index (χ3n) is 4.37. The first-order valence-corrected chi connectivity index (χ1v) is 8.43. The van der Waals surface area contributed by atoms with Gasteiger partial charge in [-0.25, -0.2) is 0 Å². The summed E-state index contributed by atoms with van der Waals surface area (Å²) in [6, 6.07) is 6.95. The Hall–Kier alpha value is -0.650. The van der Waals surface area contributed by atoms with Crippen LogP contribution in [0.25, 0.3) is 0 Å². The van der Waals surface area contributed by atoms with E-state index >= 15 is 0 Å². The molecule has 2 N–H and O–H groups in total. The maximum Gasteiger partial charge on any atom is 0.106 e. The van der Waals surface area contributed by atoms with E-state index in [-0.39, 0.29) is 0 Å². The van der Waals surface area contributed by atoms with Crippen molar-refractivity contribution in [3.63, 3.8) is 0 Å². The fraction of sp³-hybridized carbons (Fsp3) is 0.533. The molecule has 3 rings (SSSR count). The molecule has 2 aliphatic rings. The third kappa shape index (κ3) is 2.85. The predicted octanol–water partition coefficient (Wildman–Crippen LogP) is 2.76. The first-order chi connectivity index (χ1) is 9.65. The molecule has 0 aliphatic carbocycles. The van der Waals surface area contributed by atoms with Crippen LogP contribution < -0.4 is 10.6 Å². The van der Waals surface area contributed by atoms with Crippen LogP contribution in [0.15, 0.2) is 22.7 Å². The van der Waals surface area contributed by atoms with Crippen LogP contribution in [0.3, 0.4) is 0 Å². The Labute approximate surface area is 134 Å². The van der Waals surface area contributed by atoms with Crippen molar-refractivity contribution in [3.8, 4) is 0 Å². The highest BCUT2D eigenvalue weighted by atomic mass is 79.9. The van der Waals surface area contributed by atoms with Gasteiger partial charge in [0.25, 0.3) is 0 Å². The summed E-state index contributed by atoms with van der Waals surface area (Å²) in [5.74, 6) is 0. The summed E-state index contributed by atoms with van der Waals surface area (Å²) in [5.41, 5.74) is 8.09. The van der Waals surface area contributed by atoms with Crippen LogP contribution in [0.5, 0.6) is 0 Å². The van der Waals surface area contributed by atoms with Gasteiger partial charge in [0.05, 0.1) is 0 Å². The monoisotopic (exact) mass is 353 g/mol. The number of hydrogen-bond donors (Lipinski definition) is 1. The van der Waals surface area contributed by atoms with Gasteiger partial charge < -0.3 is 10.6 Å². The van der Waals surface area contributed by atoms with Gasteiger partial charge in [-0.2, -0.15) is 0 Å². The summed E-state index contributed by atoms with van der Waals surface area (Å²) in [6.07, 6.45) is 3.86. The second-order valence-corrected chi connectivity index (χ2v) is 7.01. The normalized spacial score (nSPS) is 23.4. The SMILES string of the molecule is NC(=S)c1cc(Br)ccc1N1CCCN2CCCC2C1. The van der Waals surface area contributed by atoms with Gasteiger partial charge in [-0.05, 0) is 44.0 Å². The summed E-state index contributed by atoms with van der Waals surface area (Å²) < 4.78 is 1.03. The van der Waals surface area contributed by atoms with Gasteiger partial charge in [0, 0.05) is 41.4 Å². The highest BCUT2D eigenvalue weighted by Crippen LogP contribution is 2.29. The minimum absolute atomic E-state index is 0.480. The zero-order chi connectivity index (χ0) is 14.1. The summed E-state index contributed by atoms with van der Waals surface area (Å²) in [4.78, 5) is 5.59. The molecule has 1 aromatic carbocycles. The predicted molar refractivity (Wildman–Crippen MR) is 91.5 cm³/mol. The van der Waals surface area contributed by atoms with Gasteiger partial charge in [0.2, 0.25) is 0 Å². The Morgan fingerprint density at radius 3 is 2.85 bits per heavy atom.